The summed E-state index contributed by atoms with van der Waals surface area (Å²) < 4.78 is 5.67. The van der Waals surface area contributed by atoms with Gasteiger partial charge in [-0.15, -0.1) is 0 Å². The number of rotatable bonds is 8. The molecule has 0 spiro atoms. The minimum Gasteiger partial charge on any atom is -0.494 e. The van der Waals surface area contributed by atoms with Gasteiger partial charge in [-0.1, -0.05) is 12.1 Å². The van der Waals surface area contributed by atoms with Crippen LogP contribution in [0.3, 0.4) is 0 Å². The number of nitrogens with one attached hydrogen (secondary N) is 1. The lowest BCUT2D eigenvalue weighted by Crippen LogP contribution is -2.16. The topological polar surface area (TPSA) is 73.1 Å². The van der Waals surface area contributed by atoms with E-state index in [9.17, 15) is 0 Å². The van der Waals surface area contributed by atoms with Crippen LogP contribution in [0.25, 0.3) is 11.0 Å². The van der Waals surface area contributed by atoms with Gasteiger partial charge in [0.15, 0.2) is 0 Å². The fraction of sp³-hybridized carbons (Fsp3) is 0.263. The molecule has 3 N–H and O–H groups in total. The van der Waals surface area contributed by atoms with Crippen LogP contribution in [0.5, 0.6) is 5.75 Å². The van der Waals surface area contributed by atoms with Crippen LogP contribution in [-0.4, -0.2) is 23.1 Å². The molecule has 0 fully saturated rings. The second kappa shape index (κ2) is 8.26. The number of aromatic nitrogens is 2. The van der Waals surface area contributed by atoms with Crippen LogP contribution in [0.2, 0.25) is 0 Å². The van der Waals surface area contributed by atoms with Gasteiger partial charge in [-0.3, -0.25) is 4.98 Å². The first-order chi connectivity index (χ1) is 11.8. The molecule has 124 valence electrons. The Balaban J connectivity index is 1.32. The summed E-state index contributed by atoms with van der Waals surface area (Å²) in [5, 5.41) is 3.40. The molecule has 1 heterocycles. The van der Waals surface area contributed by atoms with E-state index in [2.05, 4.69) is 15.3 Å². The lowest BCUT2D eigenvalue weighted by Gasteiger charge is -2.07. The fourth-order valence-electron chi connectivity index (χ4n) is 2.40. The van der Waals surface area contributed by atoms with Gasteiger partial charge >= 0.3 is 0 Å². The van der Waals surface area contributed by atoms with Crippen molar-refractivity contribution >= 4 is 16.7 Å². The summed E-state index contributed by atoms with van der Waals surface area (Å²) in [6.45, 7) is 2.37. The number of nitrogen functional groups attached to an aromatic ring is 1. The van der Waals surface area contributed by atoms with Gasteiger partial charge in [0, 0.05) is 12.2 Å². The molecule has 5 heteroatoms. The molecule has 0 saturated carbocycles. The molecule has 2 aromatic carbocycles. The molecule has 24 heavy (non-hydrogen) atoms. The zero-order chi connectivity index (χ0) is 16.6. The van der Waals surface area contributed by atoms with E-state index < -0.39 is 0 Å². The molecule has 0 aliphatic heterocycles. The predicted octanol–water partition coefficient (Wildman–Crippen LogP) is 3.16. The highest BCUT2D eigenvalue weighted by atomic mass is 16.5. The zero-order valence-corrected chi connectivity index (χ0v) is 13.6. The van der Waals surface area contributed by atoms with Crippen molar-refractivity contribution in [1.82, 2.24) is 15.3 Å². The van der Waals surface area contributed by atoms with Crippen LogP contribution < -0.4 is 15.8 Å². The molecule has 3 rings (SSSR count). The van der Waals surface area contributed by atoms with Crippen LogP contribution in [0, 0.1) is 0 Å². The van der Waals surface area contributed by atoms with E-state index in [1.165, 1.54) is 0 Å². The van der Waals surface area contributed by atoms with Crippen molar-refractivity contribution in [2.24, 2.45) is 0 Å². The SMILES string of the molecule is Nc1ccc(OCCCCNCc2cnc3ccccc3n2)cc1. The smallest absolute Gasteiger partial charge is 0.119 e. The number of benzene rings is 2. The van der Waals surface area contributed by atoms with Gasteiger partial charge in [-0.2, -0.15) is 0 Å². The Kier molecular flexibility index (Phi) is 5.58. The van der Waals surface area contributed by atoms with Gasteiger partial charge in [0.05, 0.1) is 29.5 Å². The molecule has 0 amide bonds. The Bertz CT molecular complexity index is 774. The molecule has 0 aliphatic rings. The number of nitrogens with zero attached hydrogens (tertiary/aromatic N) is 2. The van der Waals surface area contributed by atoms with Crippen molar-refractivity contribution < 1.29 is 4.74 Å². The van der Waals surface area contributed by atoms with E-state index in [1.807, 2.05) is 54.7 Å². The maximum absolute atomic E-state index is 5.67. The summed E-state index contributed by atoms with van der Waals surface area (Å²) in [5.41, 5.74) is 9.23. The molecule has 1 aromatic heterocycles. The lowest BCUT2D eigenvalue weighted by molar-refractivity contribution is 0.306. The van der Waals surface area contributed by atoms with Gasteiger partial charge in [0.1, 0.15) is 5.75 Å². The highest BCUT2D eigenvalue weighted by Gasteiger charge is 1.99. The van der Waals surface area contributed by atoms with Gasteiger partial charge in [0.25, 0.3) is 0 Å². The Morgan fingerprint density at radius 2 is 1.75 bits per heavy atom. The summed E-state index contributed by atoms with van der Waals surface area (Å²) in [5.74, 6) is 0.864. The van der Waals surface area contributed by atoms with Crippen LogP contribution >= 0.6 is 0 Å². The molecule has 0 saturated heterocycles. The number of unbranched alkanes of at least 4 members (excludes halogenated alkanes) is 1. The van der Waals surface area contributed by atoms with Gasteiger partial charge < -0.3 is 15.8 Å². The number of fused-ring (bicyclic) bond motifs is 1. The number of ether oxygens (including phenoxy) is 1. The third-order valence-corrected chi connectivity index (χ3v) is 3.70. The van der Waals surface area contributed by atoms with Crippen molar-refractivity contribution in [2.45, 2.75) is 19.4 Å². The molecule has 0 unspecified atom stereocenters. The Hall–Kier alpha value is -2.66. The number of para-hydroxylation sites is 2. The van der Waals surface area contributed by atoms with E-state index in [4.69, 9.17) is 10.5 Å². The first-order valence-corrected chi connectivity index (χ1v) is 8.21. The second-order valence-corrected chi connectivity index (χ2v) is 5.65. The highest BCUT2D eigenvalue weighted by Crippen LogP contribution is 2.13. The van der Waals surface area contributed by atoms with E-state index in [0.29, 0.717) is 6.61 Å². The zero-order valence-electron chi connectivity index (χ0n) is 13.6. The van der Waals surface area contributed by atoms with Gasteiger partial charge in [0.2, 0.25) is 0 Å². The normalized spacial score (nSPS) is 10.8. The molecule has 0 radical (unpaired) electrons. The largest absolute Gasteiger partial charge is 0.494 e. The summed E-state index contributed by atoms with van der Waals surface area (Å²) in [6.07, 6.45) is 3.89. The molecule has 3 aromatic rings. The van der Waals surface area contributed by atoms with Crippen molar-refractivity contribution in [3.05, 3.63) is 60.4 Å². The van der Waals surface area contributed by atoms with E-state index >= 15 is 0 Å². The van der Waals surface area contributed by atoms with Gasteiger partial charge in [-0.05, 0) is 55.8 Å². The molecular formula is C19H22N4O. The van der Waals surface area contributed by atoms with Crippen molar-refractivity contribution in [2.75, 3.05) is 18.9 Å². The second-order valence-electron chi connectivity index (χ2n) is 5.65. The van der Waals surface area contributed by atoms with Gasteiger partial charge in [-0.25, -0.2) is 4.98 Å². The van der Waals surface area contributed by atoms with Crippen LogP contribution in [-0.2, 0) is 6.54 Å². The predicted molar refractivity (Wildman–Crippen MR) is 96.8 cm³/mol. The van der Waals surface area contributed by atoms with Crippen LogP contribution in [0.4, 0.5) is 5.69 Å². The van der Waals surface area contributed by atoms with E-state index in [-0.39, 0.29) is 0 Å². The summed E-state index contributed by atoms with van der Waals surface area (Å²) >= 11 is 0. The first kappa shape index (κ1) is 16.2. The fourth-order valence-corrected chi connectivity index (χ4v) is 2.40. The third kappa shape index (κ3) is 4.67. The number of hydrogen-bond donors (Lipinski definition) is 2. The Labute approximate surface area is 141 Å². The van der Waals surface area contributed by atoms with E-state index in [0.717, 1.165) is 54.1 Å². The number of anilines is 1. The third-order valence-electron chi connectivity index (χ3n) is 3.70. The van der Waals surface area contributed by atoms with Crippen molar-refractivity contribution in [1.29, 1.82) is 0 Å². The molecule has 0 atom stereocenters. The summed E-state index contributed by atoms with van der Waals surface area (Å²) in [6, 6.07) is 15.4. The summed E-state index contributed by atoms with van der Waals surface area (Å²) in [4.78, 5) is 9.01. The van der Waals surface area contributed by atoms with Crippen LogP contribution in [0.1, 0.15) is 18.5 Å². The van der Waals surface area contributed by atoms with Crippen LogP contribution in [0.15, 0.2) is 54.7 Å². The van der Waals surface area contributed by atoms with Crippen molar-refractivity contribution in [3.8, 4) is 5.75 Å². The lowest BCUT2D eigenvalue weighted by atomic mass is 10.3. The number of hydrogen-bond acceptors (Lipinski definition) is 5. The highest BCUT2D eigenvalue weighted by molar-refractivity contribution is 5.73. The maximum atomic E-state index is 5.67. The first-order valence-electron chi connectivity index (χ1n) is 8.21. The molecule has 0 aliphatic carbocycles. The number of nitrogens with two attached hydrogens (primary N) is 1. The average Bonchev–Trinajstić information content (AvgIpc) is 2.62. The monoisotopic (exact) mass is 322 g/mol. The quantitative estimate of drug-likeness (QED) is 0.492. The molecular weight excluding hydrogens is 300 g/mol. The molecule has 5 nitrogen and oxygen atoms in total. The standard InChI is InChI=1S/C19H22N4O/c20-15-7-9-17(10-8-15)24-12-4-3-11-21-13-16-14-22-18-5-1-2-6-19(18)23-16/h1-2,5-10,14,21H,3-4,11-13,20H2. The maximum Gasteiger partial charge on any atom is 0.119 e. The summed E-state index contributed by atoms with van der Waals surface area (Å²) in [7, 11) is 0. The molecule has 0 bridgehead atoms. The minimum absolute atomic E-state index is 0.710. The van der Waals surface area contributed by atoms with Crippen molar-refractivity contribution in [3.63, 3.8) is 0 Å². The minimum atomic E-state index is 0.710. The average molecular weight is 322 g/mol. The Morgan fingerprint density at radius 3 is 2.58 bits per heavy atom. The Morgan fingerprint density at radius 1 is 0.958 bits per heavy atom. The van der Waals surface area contributed by atoms with E-state index in [1.54, 1.807) is 0 Å².